The van der Waals surface area contributed by atoms with Gasteiger partial charge in [-0.1, -0.05) is 17.7 Å². The van der Waals surface area contributed by atoms with E-state index in [4.69, 9.17) is 0 Å². The van der Waals surface area contributed by atoms with Crippen LogP contribution in [0.5, 0.6) is 0 Å². The van der Waals surface area contributed by atoms with Crippen LogP contribution in [0.4, 0.5) is 10.1 Å². The van der Waals surface area contributed by atoms with E-state index in [0.29, 0.717) is 15.8 Å². The van der Waals surface area contributed by atoms with Gasteiger partial charge in [-0.05, 0) is 79.6 Å². The van der Waals surface area contributed by atoms with E-state index in [9.17, 15) is 9.18 Å². The first kappa shape index (κ1) is 16.5. The van der Waals surface area contributed by atoms with Gasteiger partial charge in [0.25, 0.3) is 5.91 Å². The molecule has 0 saturated carbocycles. The molecule has 24 heavy (non-hydrogen) atoms. The molecule has 1 aliphatic rings. The average Bonchev–Trinajstić information content (AvgIpc) is 2.85. The monoisotopic (exact) mass is 340 g/mol. The van der Waals surface area contributed by atoms with Crippen LogP contribution in [0, 0.1) is 26.6 Å². The van der Waals surface area contributed by atoms with Gasteiger partial charge in [0.05, 0.1) is 10.6 Å². The lowest BCUT2D eigenvalue weighted by Crippen LogP contribution is -2.19. The van der Waals surface area contributed by atoms with Crippen LogP contribution in [-0.4, -0.2) is 11.1 Å². The topological polar surface area (TPSA) is 41.5 Å². The van der Waals surface area contributed by atoms with Crippen molar-refractivity contribution in [1.82, 2.24) is 5.32 Å². The molecule has 0 bridgehead atoms. The number of thioether (sulfide) groups is 1. The van der Waals surface area contributed by atoms with Crippen molar-refractivity contribution in [3.8, 4) is 0 Å². The van der Waals surface area contributed by atoms with Crippen LogP contribution in [0.1, 0.15) is 22.3 Å². The second-order valence-electron chi connectivity index (χ2n) is 5.77. The maximum atomic E-state index is 12.9. The Morgan fingerprint density at radius 1 is 1.08 bits per heavy atom. The zero-order valence-electron chi connectivity index (χ0n) is 13.7. The van der Waals surface area contributed by atoms with Crippen LogP contribution in [0.3, 0.4) is 0 Å². The highest BCUT2D eigenvalue weighted by Crippen LogP contribution is 2.30. The number of aliphatic imine (C=N–C) groups is 1. The lowest BCUT2D eigenvalue weighted by molar-refractivity contribution is -0.115. The molecular formula is C19H17FN2OS. The van der Waals surface area contributed by atoms with Crippen molar-refractivity contribution in [3.05, 3.63) is 69.4 Å². The van der Waals surface area contributed by atoms with Crippen molar-refractivity contribution in [3.63, 3.8) is 0 Å². The van der Waals surface area contributed by atoms with Gasteiger partial charge < -0.3 is 5.32 Å². The minimum atomic E-state index is -0.312. The van der Waals surface area contributed by atoms with Crippen LogP contribution in [0.25, 0.3) is 6.08 Å². The number of benzene rings is 2. The summed E-state index contributed by atoms with van der Waals surface area (Å²) in [6.45, 7) is 6.14. The third-order valence-electron chi connectivity index (χ3n) is 3.72. The lowest BCUT2D eigenvalue weighted by Gasteiger charge is -2.07. The SMILES string of the molecule is Cc1cc(C)c(/C=C2/SC(=Nc3ccc(F)cc3)NC2=O)c(C)c1. The van der Waals surface area contributed by atoms with Gasteiger partial charge in [0.15, 0.2) is 5.17 Å². The lowest BCUT2D eigenvalue weighted by atomic mass is 9.99. The summed E-state index contributed by atoms with van der Waals surface area (Å²) < 4.78 is 12.9. The van der Waals surface area contributed by atoms with Crippen molar-refractivity contribution in [1.29, 1.82) is 0 Å². The summed E-state index contributed by atoms with van der Waals surface area (Å²) >= 11 is 1.29. The highest BCUT2D eigenvalue weighted by molar-refractivity contribution is 8.18. The number of nitrogens with one attached hydrogen (secondary N) is 1. The third-order valence-corrected chi connectivity index (χ3v) is 4.63. The summed E-state index contributed by atoms with van der Waals surface area (Å²) in [5, 5.41) is 3.25. The van der Waals surface area contributed by atoms with Gasteiger partial charge in [-0.25, -0.2) is 9.38 Å². The first-order valence-corrected chi connectivity index (χ1v) is 8.37. The van der Waals surface area contributed by atoms with Crippen molar-refractivity contribution in [2.45, 2.75) is 20.8 Å². The largest absolute Gasteiger partial charge is 0.300 e. The summed E-state index contributed by atoms with van der Waals surface area (Å²) in [6.07, 6.45) is 1.90. The van der Waals surface area contributed by atoms with Crippen LogP contribution >= 0.6 is 11.8 Å². The molecule has 1 saturated heterocycles. The summed E-state index contributed by atoms with van der Waals surface area (Å²) in [4.78, 5) is 17.1. The Morgan fingerprint density at radius 2 is 1.71 bits per heavy atom. The molecule has 0 aliphatic carbocycles. The molecule has 1 N–H and O–H groups in total. The number of halogens is 1. The number of nitrogens with zero attached hydrogens (tertiary/aromatic N) is 1. The maximum Gasteiger partial charge on any atom is 0.264 e. The standard InChI is InChI=1S/C19H17FN2OS/c1-11-8-12(2)16(13(3)9-11)10-17-18(23)22-19(24-17)21-15-6-4-14(20)5-7-15/h4-10H,1-3H3,(H,21,22,23)/b17-10+. The molecule has 0 radical (unpaired) electrons. The molecule has 3 rings (SSSR count). The number of carbonyl (C=O) groups excluding carboxylic acids is 1. The molecule has 0 unspecified atom stereocenters. The van der Waals surface area contributed by atoms with Crippen LogP contribution in [0.2, 0.25) is 0 Å². The molecule has 0 aromatic heterocycles. The number of amides is 1. The highest BCUT2D eigenvalue weighted by atomic mass is 32.2. The Hall–Kier alpha value is -2.40. The predicted octanol–water partition coefficient (Wildman–Crippen LogP) is 4.64. The van der Waals surface area contributed by atoms with E-state index >= 15 is 0 Å². The molecule has 0 spiro atoms. The molecule has 1 aliphatic heterocycles. The van der Waals surface area contributed by atoms with Gasteiger partial charge in [-0.2, -0.15) is 0 Å². The molecule has 5 heteroatoms. The molecule has 1 fully saturated rings. The fourth-order valence-electron chi connectivity index (χ4n) is 2.66. The minimum Gasteiger partial charge on any atom is -0.300 e. The molecular weight excluding hydrogens is 323 g/mol. The zero-order valence-corrected chi connectivity index (χ0v) is 14.5. The van der Waals surface area contributed by atoms with Crippen LogP contribution in [-0.2, 0) is 4.79 Å². The summed E-state index contributed by atoms with van der Waals surface area (Å²) in [5.41, 5.74) is 5.13. The first-order chi connectivity index (χ1) is 11.4. The number of hydrogen-bond donors (Lipinski definition) is 1. The molecule has 1 amide bonds. The Morgan fingerprint density at radius 3 is 2.33 bits per heavy atom. The van der Waals surface area contributed by atoms with Gasteiger partial charge in [0.1, 0.15) is 5.82 Å². The van der Waals surface area contributed by atoms with Crippen molar-refractivity contribution in [2.24, 2.45) is 4.99 Å². The Labute approximate surface area is 144 Å². The number of aryl methyl sites for hydroxylation is 3. The smallest absolute Gasteiger partial charge is 0.264 e. The number of rotatable bonds is 2. The van der Waals surface area contributed by atoms with Crippen LogP contribution < -0.4 is 5.32 Å². The van der Waals surface area contributed by atoms with Crippen molar-refractivity contribution in [2.75, 3.05) is 0 Å². The van der Waals surface area contributed by atoms with Gasteiger partial charge >= 0.3 is 0 Å². The quantitative estimate of drug-likeness (QED) is 0.809. The summed E-state index contributed by atoms with van der Waals surface area (Å²) in [6, 6.07) is 10.0. The maximum absolute atomic E-state index is 12.9. The van der Waals surface area contributed by atoms with E-state index in [2.05, 4.69) is 29.4 Å². The van der Waals surface area contributed by atoms with E-state index in [0.717, 1.165) is 16.7 Å². The van der Waals surface area contributed by atoms with E-state index in [1.807, 2.05) is 19.9 Å². The minimum absolute atomic E-state index is 0.166. The third kappa shape index (κ3) is 3.57. The number of carbonyl (C=O) groups is 1. The summed E-state index contributed by atoms with van der Waals surface area (Å²) in [5.74, 6) is -0.479. The van der Waals surface area contributed by atoms with Crippen LogP contribution in [0.15, 0.2) is 46.3 Å². The molecule has 1 heterocycles. The zero-order chi connectivity index (χ0) is 17.3. The van der Waals surface area contributed by atoms with Gasteiger partial charge in [0.2, 0.25) is 0 Å². The fraction of sp³-hybridized carbons (Fsp3) is 0.158. The average molecular weight is 340 g/mol. The normalized spacial score (nSPS) is 17.6. The van der Waals surface area contributed by atoms with Gasteiger partial charge in [-0.15, -0.1) is 0 Å². The van der Waals surface area contributed by atoms with Crippen molar-refractivity contribution >= 4 is 34.6 Å². The fourth-order valence-corrected chi connectivity index (χ4v) is 3.49. The number of hydrogen-bond acceptors (Lipinski definition) is 3. The molecule has 2 aromatic rings. The van der Waals surface area contributed by atoms with Gasteiger partial charge in [-0.3, -0.25) is 4.79 Å². The highest BCUT2D eigenvalue weighted by Gasteiger charge is 2.24. The molecule has 122 valence electrons. The first-order valence-electron chi connectivity index (χ1n) is 7.55. The molecule has 3 nitrogen and oxygen atoms in total. The van der Waals surface area contributed by atoms with E-state index in [-0.39, 0.29) is 11.7 Å². The van der Waals surface area contributed by atoms with E-state index in [1.54, 1.807) is 12.1 Å². The van der Waals surface area contributed by atoms with E-state index in [1.165, 1.54) is 29.5 Å². The second-order valence-corrected chi connectivity index (χ2v) is 6.80. The second kappa shape index (κ2) is 6.61. The number of amidine groups is 1. The Kier molecular flexibility index (Phi) is 4.53. The van der Waals surface area contributed by atoms with Crippen molar-refractivity contribution < 1.29 is 9.18 Å². The Balaban J connectivity index is 1.89. The summed E-state index contributed by atoms with van der Waals surface area (Å²) in [7, 11) is 0. The molecule has 0 atom stereocenters. The van der Waals surface area contributed by atoms with Gasteiger partial charge in [0, 0.05) is 0 Å². The predicted molar refractivity (Wildman–Crippen MR) is 97.9 cm³/mol. The van der Waals surface area contributed by atoms with E-state index < -0.39 is 0 Å². The Bertz CT molecular complexity index is 846. The molecule has 2 aromatic carbocycles.